The minimum atomic E-state index is -0.567. The van der Waals surface area contributed by atoms with Gasteiger partial charge in [-0.25, -0.2) is 4.39 Å². The van der Waals surface area contributed by atoms with Crippen molar-refractivity contribution in [2.75, 3.05) is 22.6 Å². The van der Waals surface area contributed by atoms with Crippen LogP contribution in [0, 0.1) is 11.7 Å². The first-order valence-corrected chi connectivity index (χ1v) is 11.0. The Kier molecular flexibility index (Phi) is 4.52. The number of carbonyl (C=O) groups excluding carboxylic acids is 1. The van der Waals surface area contributed by atoms with E-state index < -0.39 is 17.3 Å². The number of thioether (sulfide) groups is 1. The van der Waals surface area contributed by atoms with Crippen LogP contribution in [-0.4, -0.2) is 29.1 Å². The van der Waals surface area contributed by atoms with Crippen LogP contribution in [0.25, 0.3) is 0 Å². The van der Waals surface area contributed by atoms with Crippen molar-refractivity contribution in [3.8, 4) is 0 Å². The van der Waals surface area contributed by atoms with E-state index in [2.05, 4.69) is 15.4 Å². The number of hydrogen-bond acceptors (Lipinski definition) is 6. The number of rotatable bonds is 2. The van der Waals surface area contributed by atoms with Crippen molar-refractivity contribution in [1.29, 1.82) is 0 Å². The van der Waals surface area contributed by atoms with Crippen molar-refractivity contribution in [3.63, 3.8) is 0 Å². The topological polar surface area (TPSA) is 83.1 Å². The van der Waals surface area contributed by atoms with Crippen molar-refractivity contribution < 1.29 is 9.18 Å². The first kappa shape index (κ1) is 19.4. The number of carbonyl (C=O) groups is 1. The van der Waals surface area contributed by atoms with Crippen LogP contribution >= 0.6 is 23.4 Å². The predicted octanol–water partition coefficient (Wildman–Crippen LogP) is 3.94. The molecule has 0 fully saturated rings. The van der Waals surface area contributed by atoms with Gasteiger partial charge in [-0.2, -0.15) is 10.1 Å². The molecule has 154 valence electrons. The highest BCUT2D eigenvalue weighted by molar-refractivity contribution is 8.13. The summed E-state index contributed by atoms with van der Waals surface area (Å²) < 4.78 is 14.8. The second kappa shape index (κ2) is 6.99. The number of hydrogen-bond donors (Lipinski definition) is 2. The van der Waals surface area contributed by atoms with Crippen molar-refractivity contribution in [1.82, 2.24) is 0 Å². The average Bonchev–Trinajstić information content (AvgIpc) is 3.05. The first-order valence-electron chi connectivity index (χ1n) is 9.60. The van der Waals surface area contributed by atoms with Crippen LogP contribution in [0.2, 0.25) is 5.02 Å². The largest absolute Gasteiger partial charge is 0.383 e. The third-order valence-corrected chi connectivity index (χ3v) is 6.82. The Labute approximate surface area is 182 Å². The normalized spacial score (nSPS) is 25.2. The van der Waals surface area contributed by atoms with Gasteiger partial charge in [-0.15, -0.1) is 0 Å². The van der Waals surface area contributed by atoms with E-state index in [-0.39, 0.29) is 11.6 Å². The fourth-order valence-electron chi connectivity index (χ4n) is 4.09. The van der Waals surface area contributed by atoms with Gasteiger partial charge in [0, 0.05) is 28.6 Å². The molecule has 1 amide bonds. The van der Waals surface area contributed by atoms with Gasteiger partial charge in [0.2, 0.25) is 0 Å². The maximum atomic E-state index is 14.8. The van der Waals surface area contributed by atoms with Crippen LogP contribution in [-0.2, 0) is 10.3 Å². The molecule has 6 nitrogen and oxygen atoms in total. The summed E-state index contributed by atoms with van der Waals surface area (Å²) >= 11 is 7.66. The molecule has 0 saturated heterocycles. The lowest BCUT2D eigenvalue weighted by Gasteiger charge is -2.30. The summed E-state index contributed by atoms with van der Waals surface area (Å²) in [7, 11) is 0. The highest BCUT2D eigenvalue weighted by atomic mass is 35.5. The maximum Gasteiger partial charge on any atom is 0.258 e. The molecule has 2 aromatic carbocycles. The molecule has 30 heavy (non-hydrogen) atoms. The van der Waals surface area contributed by atoms with E-state index in [4.69, 9.17) is 17.3 Å². The Bertz CT molecular complexity index is 1140. The molecule has 2 unspecified atom stereocenters. The van der Waals surface area contributed by atoms with Gasteiger partial charge in [0.1, 0.15) is 17.4 Å². The van der Waals surface area contributed by atoms with E-state index in [1.54, 1.807) is 24.3 Å². The van der Waals surface area contributed by atoms with Crippen molar-refractivity contribution in [2.24, 2.45) is 21.7 Å². The molecule has 0 radical (unpaired) electrons. The molecule has 0 bridgehead atoms. The number of halogens is 2. The number of hydrazone groups is 1. The smallest absolute Gasteiger partial charge is 0.258 e. The molecule has 9 heteroatoms. The van der Waals surface area contributed by atoms with Crippen LogP contribution in [0.1, 0.15) is 24.5 Å². The molecule has 0 aliphatic carbocycles. The van der Waals surface area contributed by atoms with E-state index in [0.717, 1.165) is 29.0 Å². The minimum Gasteiger partial charge on any atom is -0.383 e. The molecule has 0 saturated carbocycles. The van der Waals surface area contributed by atoms with E-state index in [0.29, 0.717) is 22.4 Å². The van der Waals surface area contributed by atoms with Gasteiger partial charge in [0.15, 0.2) is 5.17 Å². The van der Waals surface area contributed by atoms with Crippen molar-refractivity contribution in [2.45, 2.75) is 18.9 Å². The molecule has 3 heterocycles. The number of amidine groups is 1. The lowest BCUT2D eigenvalue weighted by Crippen LogP contribution is -2.36. The number of nitrogens with one attached hydrogen (secondary N) is 1. The van der Waals surface area contributed by atoms with Gasteiger partial charge in [-0.1, -0.05) is 29.4 Å². The Hall–Kier alpha value is -2.58. The number of nitrogens with two attached hydrogens (primary N) is 1. The highest BCUT2D eigenvalue weighted by Crippen LogP contribution is 2.39. The number of amides is 1. The quantitative estimate of drug-likeness (QED) is 0.736. The molecule has 2 aromatic rings. The van der Waals surface area contributed by atoms with Gasteiger partial charge >= 0.3 is 0 Å². The Morgan fingerprint density at radius 1 is 1.33 bits per heavy atom. The molecule has 3 aliphatic heterocycles. The Morgan fingerprint density at radius 3 is 2.97 bits per heavy atom. The fourth-order valence-corrected chi connectivity index (χ4v) is 5.24. The average molecular weight is 444 g/mol. The predicted molar refractivity (Wildman–Crippen MR) is 120 cm³/mol. The summed E-state index contributed by atoms with van der Waals surface area (Å²) in [4.78, 5) is 17.7. The molecule has 2 atom stereocenters. The van der Waals surface area contributed by atoms with Crippen molar-refractivity contribution in [3.05, 3.63) is 58.4 Å². The fraction of sp³-hybridized carbons (Fsp3) is 0.286. The summed E-state index contributed by atoms with van der Waals surface area (Å²) in [5, 5.41) is 10.00. The molecule has 0 aromatic heterocycles. The molecule has 0 spiro atoms. The molecule has 3 N–H and O–H groups in total. The third-order valence-electron chi connectivity index (χ3n) is 5.79. The number of aliphatic imine (C=N–C) groups is 1. The zero-order valence-corrected chi connectivity index (χ0v) is 17.7. The highest BCUT2D eigenvalue weighted by Gasteiger charge is 2.42. The molecular formula is C21H19ClFN5OS. The summed E-state index contributed by atoms with van der Waals surface area (Å²) in [5.74, 6) is -0.449. The summed E-state index contributed by atoms with van der Waals surface area (Å²) in [6.07, 6.45) is 0.768. The monoisotopic (exact) mass is 443 g/mol. The van der Waals surface area contributed by atoms with Crippen LogP contribution in [0.3, 0.4) is 0 Å². The summed E-state index contributed by atoms with van der Waals surface area (Å²) in [6, 6.07) is 10.1. The second-order valence-electron chi connectivity index (χ2n) is 7.75. The van der Waals surface area contributed by atoms with E-state index >= 15 is 0 Å². The minimum absolute atomic E-state index is 0.121. The standard InChI is InChI=1S/C21H19ClFN5OS/c1-21(6-7-30-20(24)26-21)11-2-4-15(23)17(8-11)28-19(29)14-10-25-16-5-3-12(22)9-13(16)18(14)27-28/h2-5,8-9,14,25H,6-7,10H2,1H3,(H2,24,26). The summed E-state index contributed by atoms with van der Waals surface area (Å²) in [5.41, 5.74) is 8.50. The second-order valence-corrected chi connectivity index (χ2v) is 9.30. The number of nitrogens with zero attached hydrogens (tertiary/aromatic N) is 3. The Balaban J connectivity index is 1.58. The lowest BCUT2D eigenvalue weighted by atomic mass is 9.89. The molecule has 3 aliphatic rings. The molecule has 5 rings (SSSR count). The van der Waals surface area contributed by atoms with Gasteiger partial charge in [0.25, 0.3) is 5.91 Å². The van der Waals surface area contributed by atoms with Crippen LogP contribution in [0.5, 0.6) is 0 Å². The van der Waals surface area contributed by atoms with Crippen LogP contribution in [0.15, 0.2) is 46.5 Å². The number of benzene rings is 2. The number of fused-ring (bicyclic) bond motifs is 3. The zero-order valence-electron chi connectivity index (χ0n) is 16.2. The van der Waals surface area contributed by atoms with E-state index in [9.17, 15) is 9.18 Å². The molecular weight excluding hydrogens is 425 g/mol. The van der Waals surface area contributed by atoms with Crippen LogP contribution in [0.4, 0.5) is 15.8 Å². The van der Waals surface area contributed by atoms with E-state index in [1.807, 2.05) is 13.0 Å². The van der Waals surface area contributed by atoms with Crippen LogP contribution < -0.4 is 16.1 Å². The number of anilines is 2. The van der Waals surface area contributed by atoms with Gasteiger partial charge in [0.05, 0.1) is 11.3 Å². The SMILES string of the molecule is CC1(c2ccc(F)c(N3N=C4c5cc(Cl)ccc5NCC4C3=O)c2)CCSC(N)=N1. The van der Waals surface area contributed by atoms with E-state index in [1.165, 1.54) is 22.8 Å². The summed E-state index contributed by atoms with van der Waals surface area (Å²) in [6.45, 7) is 2.37. The van der Waals surface area contributed by atoms with Gasteiger partial charge in [-0.05, 0) is 49.2 Å². The maximum absolute atomic E-state index is 14.8. The first-order chi connectivity index (χ1) is 14.4. The van der Waals surface area contributed by atoms with Crippen molar-refractivity contribution >= 4 is 51.5 Å². The van der Waals surface area contributed by atoms with Gasteiger partial charge < -0.3 is 11.1 Å². The van der Waals surface area contributed by atoms with Gasteiger partial charge in [-0.3, -0.25) is 9.79 Å². The Morgan fingerprint density at radius 2 is 2.17 bits per heavy atom. The third kappa shape index (κ3) is 3.06. The zero-order chi connectivity index (χ0) is 21.0. The lowest BCUT2D eigenvalue weighted by molar-refractivity contribution is -0.119.